The van der Waals surface area contributed by atoms with Crippen molar-refractivity contribution in [2.24, 2.45) is 0 Å². The van der Waals surface area contributed by atoms with E-state index in [0.717, 1.165) is 48.2 Å². The lowest BCUT2D eigenvalue weighted by atomic mass is 9.91. The maximum absolute atomic E-state index is 12.7. The standard InChI is InChI=1S/C24H23F3N2/c25-24(26,27)20-9-7-16(8-10-20)15-1-3-17(4-2-15)18-5-6-19(13-18)22-12-11-21(28)14-23(22)29/h1-4,7-12,14,18-19H,5-6,13,28-29H2. The van der Waals surface area contributed by atoms with Crippen LogP contribution < -0.4 is 11.5 Å². The molecule has 0 aliphatic heterocycles. The Bertz CT molecular complexity index is 992. The first-order valence-electron chi connectivity index (χ1n) is 9.74. The van der Waals surface area contributed by atoms with E-state index in [9.17, 15) is 13.2 Å². The van der Waals surface area contributed by atoms with E-state index in [0.29, 0.717) is 17.5 Å². The molecule has 5 heteroatoms. The highest BCUT2D eigenvalue weighted by Gasteiger charge is 2.30. The molecule has 0 heterocycles. The van der Waals surface area contributed by atoms with Gasteiger partial charge < -0.3 is 11.5 Å². The predicted octanol–water partition coefficient (Wildman–Crippen LogP) is 6.59. The zero-order valence-corrected chi connectivity index (χ0v) is 15.9. The number of benzene rings is 3. The number of nitrogen functional groups attached to an aromatic ring is 2. The van der Waals surface area contributed by atoms with Crippen molar-refractivity contribution in [2.75, 3.05) is 11.5 Å². The molecule has 0 spiro atoms. The van der Waals surface area contributed by atoms with E-state index in [1.165, 1.54) is 23.3 Å². The maximum atomic E-state index is 12.7. The molecule has 0 bridgehead atoms. The summed E-state index contributed by atoms with van der Waals surface area (Å²) in [5, 5.41) is 0. The number of halogens is 3. The van der Waals surface area contributed by atoms with Crippen LogP contribution in [0.5, 0.6) is 0 Å². The SMILES string of the molecule is Nc1ccc(C2CCC(c3ccc(-c4ccc(C(F)(F)F)cc4)cc3)C2)c(N)c1. The highest BCUT2D eigenvalue weighted by Crippen LogP contribution is 2.45. The monoisotopic (exact) mass is 396 g/mol. The third-order valence-electron chi connectivity index (χ3n) is 5.91. The number of anilines is 2. The normalized spacial score (nSPS) is 19.4. The molecular formula is C24H23F3N2. The third kappa shape index (κ3) is 4.09. The summed E-state index contributed by atoms with van der Waals surface area (Å²) in [6, 6.07) is 19.2. The molecule has 2 nitrogen and oxygen atoms in total. The van der Waals surface area contributed by atoms with Crippen molar-refractivity contribution in [3.63, 3.8) is 0 Å². The Balaban J connectivity index is 1.47. The summed E-state index contributed by atoms with van der Waals surface area (Å²) in [6.07, 6.45) is -1.10. The minimum Gasteiger partial charge on any atom is -0.399 e. The van der Waals surface area contributed by atoms with Gasteiger partial charge in [-0.05, 0) is 77.6 Å². The molecule has 2 atom stereocenters. The number of rotatable bonds is 3. The highest BCUT2D eigenvalue weighted by atomic mass is 19.4. The van der Waals surface area contributed by atoms with E-state index in [1.54, 1.807) is 0 Å². The first kappa shape index (κ1) is 19.4. The first-order valence-corrected chi connectivity index (χ1v) is 9.74. The molecule has 4 rings (SSSR count). The van der Waals surface area contributed by atoms with Gasteiger partial charge in [-0.25, -0.2) is 0 Å². The Morgan fingerprint density at radius 1 is 0.724 bits per heavy atom. The molecule has 1 aliphatic carbocycles. The van der Waals surface area contributed by atoms with Crippen molar-refractivity contribution in [3.05, 3.63) is 83.4 Å². The number of hydrogen-bond acceptors (Lipinski definition) is 2. The maximum Gasteiger partial charge on any atom is 0.416 e. The van der Waals surface area contributed by atoms with Crippen LogP contribution in [0.3, 0.4) is 0 Å². The van der Waals surface area contributed by atoms with Crippen molar-refractivity contribution < 1.29 is 13.2 Å². The van der Waals surface area contributed by atoms with E-state index in [2.05, 4.69) is 12.1 Å². The Morgan fingerprint density at radius 3 is 1.90 bits per heavy atom. The smallest absolute Gasteiger partial charge is 0.399 e. The lowest BCUT2D eigenvalue weighted by molar-refractivity contribution is -0.137. The fourth-order valence-corrected chi connectivity index (χ4v) is 4.33. The molecular weight excluding hydrogens is 373 g/mol. The molecule has 0 amide bonds. The second kappa shape index (κ2) is 7.47. The Hall–Kier alpha value is -2.95. The van der Waals surface area contributed by atoms with Crippen LogP contribution in [0.25, 0.3) is 11.1 Å². The topological polar surface area (TPSA) is 52.0 Å². The Kier molecular flexibility index (Phi) is 4.99. The van der Waals surface area contributed by atoms with Crippen LogP contribution in [0.1, 0.15) is 47.8 Å². The molecule has 0 aromatic heterocycles. The Morgan fingerprint density at radius 2 is 1.31 bits per heavy atom. The molecule has 29 heavy (non-hydrogen) atoms. The predicted molar refractivity (Wildman–Crippen MR) is 111 cm³/mol. The zero-order chi connectivity index (χ0) is 20.6. The molecule has 150 valence electrons. The summed E-state index contributed by atoms with van der Waals surface area (Å²) in [6.45, 7) is 0. The molecule has 3 aromatic rings. The average Bonchev–Trinajstić information content (AvgIpc) is 3.17. The van der Waals surface area contributed by atoms with Crippen molar-refractivity contribution in [2.45, 2.75) is 37.3 Å². The highest BCUT2D eigenvalue weighted by molar-refractivity contribution is 5.64. The largest absolute Gasteiger partial charge is 0.416 e. The summed E-state index contributed by atoms with van der Waals surface area (Å²) < 4.78 is 38.2. The lowest BCUT2D eigenvalue weighted by Gasteiger charge is -2.15. The quantitative estimate of drug-likeness (QED) is 0.491. The lowest BCUT2D eigenvalue weighted by Crippen LogP contribution is -2.04. The second-order valence-corrected chi connectivity index (χ2v) is 7.79. The van der Waals surface area contributed by atoms with Gasteiger partial charge in [0, 0.05) is 11.4 Å². The van der Waals surface area contributed by atoms with Gasteiger partial charge in [0.1, 0.15) is 0 Å². The van der Waals surface area contributed by atoms with Gasteiger partial charge in [0.2, 0.25) is 0 Å². The fourth-order valence-electron chi connectivity index (χ4n) is 4.33. The Labute approximate surface area is 168 Å². The van der Waals surface area contributed by atoms with Crippen LogP contribution >= 0.6 is 0 Å². The van der Waals surface area contributed by atoms with Crippen LogP contribution in [0.4, 0.5) is 24.5 Å². The zero-order valence-electron chi connectivity index (χ0n) is 15.9. The molecule has 3 aromatic carbocycles. The summed E-state index contributed by atoms with van der Waals surface area (Å²) in [5.74, 6) is 0.883. The molecule has 0 saturated heterocycles. The van der Waals surface area contributed by atoms with E-state index in [1.807, 2.05) is 30.3 Å². The first-order chi connectivity index (χ1) is 13.8. The summed E-state index contributed by atoms with van der Waals surface area (Å²) >= 11 is 0. The van der Waals surface area contributed by atoms with Crippen LogP contribution in [-0.4, -0.2) is 0 Å². The van der Waals surface area contributed by atoms with E-state index >= 15 is 0 Å². The van der Waals surface area contributed by atoms with Gasteiger partial charge in [0.15, 0.2) is 0 Å². The van der Waals surface area contributed by atoms with E-state index in [4.69, 9.17) is 11.5 Å². The van der Waals surface area contributed by atoms with Crippen LogP contribution in [0.2, 0.25) is 0 Å². The van der Waals surface area contributed by atoms with Crippen molar-refractivity contribution >= 4 is 11.4 Å². The third-order valence-corrected chi connectivity index (χ3v) is 5.91. The van der Waals surface area contributed by atoms with Gasteiger partial charge >= 0.3 is 6.18 Å². The van der Waals surface area contributed by atoms with Gasteiger partial charge in [-0.3, -0.25) is 0 Å². The van der Waals surface area contributed by atoms with Gasteiger partial charge in [0.25, 0.3) is 0 Å². The van der Waals surface area contributed by atoms with E-state index < -0.39 is 11.7 Å². The molecule has 1 aliphatic rings. The van der Waals surface area contributed by atoms with Gasteiger partial charge in [-0.1, -0.05) is 42.5 Å². The number of nitrogens with two attached hydrogens (primary N) is 2. The number of hydrogen-bond donors (Lipinski definition) is 2. The number of alkyl halides is 3. The molecule has 1 saturated carbocycles. The molecule has 0 radical (unpaired) electrons. The van der Waals surface area contributed by atoms with Gasteiger partial charge in [-0.15, -0.1) is 0 Å². The van der Waals surface area contributed by atoms with Crippen molar-refractivity contribution in [3.8, 4) is 11.1 Å². The summed E-state index contributed by atoms with van der Waals surface area (Å²) in [7, 11) is 0. The van der Waals surface area contributed by atoms with Crippen LogP contribution in [0.15, 0.2) is 66.7 Å². The van der Waals surface area contributed by atoms with Crippen molar-refractivity contribution in [1.29, 1.82) is 0 Å². The second-order valence-electron chi connectivity index (χ2n) is 7.79. The minimum atomic E-state index is -4.31. The van der Waals surface area contributed by atoms with Crippen molar-refractivity contribution in [1.82, 2.24) is 0 Å². The van der Waals surface area contributed by atoms with Crippen LogP contribution in [0, 0.1) is 0 Å². The molecule has 4 N–H and O–H groups in total. The van der Waals surface area contributed by atoms with Crippen LogP contribution in [-0.2, 0) is 6.18 Å². The summed E-state index contributed by atoms with van der Waals surface area (Å²) in [4.78, 5) is 0. The van der Waals surface area contributed by atoms with Gasteiger partial charge in [-0.2, -0.15) is 13.2 Å². The molecule has 2 unspecified atom stereocenters. The molecule has 1 fully saturated rings. The fraction of sp³-hybridized carbons (Fsp3) is 0.250. The average molecular weight is 396 g/mol. The van der Waals surface area contributed by atoms with Gasteiger partial charge in [0.05, 0.1) is 5.56 Å². The minimum absolute atomic E-state index is 0.426. The van der Waals surface area contributed by atoms with E-state index in [-0.39, 0.29) is 0 Å². The summed E-state index contributed by atoms with van der Waals surface area (Å²) in [5.41, 5.74) is 16.9.